The van der Waals surface area contributed by atoms with Crippen molar-refractivity contribution in [1.29, 1.82) is 0 Å². The van der Waals surface area contributed by atoms with Crippen LogP contribution in [0.15, 0.2) is 34.6 Å². The maximum Gasteiger partial charge on any atom is 0.191 e. The Labute approximate surface area is 172 Å². The van der Waals surface area contributed by atoms with Crippen LogP contribution in [0, 0.1) is 0 Å². The molecule has 0 unspecified atom stereocenters. The molecule has 2 aromatic rings. The van der Waals surface area contributed by atoms with E-state index in [2.05, 4.69) is 73.0 Å². The van der Waals surface area contributed by atoms with E-state index >= 15 is 0 Å². The summed E-state index contributed by atoms with van der Waals surface area (Å²) < 4.78 is 0. The SMILES string of the molecule is CCc1ccccc1CNC(=NC)NCc1nc(C(C)(C)C)cs1.I. The fraction of sp³-hybridized carbons (Fsp3) is 0.474. The zero-order valence-electron chi connectivity index (χ0n) is 15.7. The number of guanidine groups is 1. The number of nitrogens with one attached hydrogen (secondary N) is 2. The summed E-state index contributed by atoms with van der Waals surface area (Å²) in [5.74, 6) is 0.799. The summed E-state index contributed by atoms with van der Waals surface area (Å²) in [6, 6.07) is 8.51. The number of aryl methyl sites for hydroxylation is 1. The van der Waals surface area contributed by atoms with Gasteiger partial charge in [0.15, 0.2) is 5.96 Å². The molecule has 0 aliphatic rings. The number of halogens is 1. The van der Waals surface area contributed by atoms with Crippen molar-refractivity contribution in [1.82, 2.24) is 15.6 Å². The van der Waals surface area contributed by atoms with Crippen molar-refractivity contribution in [3.05, 3.63) is 51.5 Å². The van der Waals surface area contributed by atoms with Gasteiger partial charge in [-0.05, 0) is 17.5 Å². The fourth-order valence-electron chi connectivity index (χ4n) is 2.37. The van der Waals surface area contributed by atoms with Gasteiger partial charge in [0.25, 0.3) is 0 Å². The molecule has 1 heterocycles. The van der Waals surface area contributed by atoms with Crippen molar-refractivity contribution < 1.29 is 0 Å². The van der Waals surface area contributed by atoms with Crippen LogP contribution in [0.5, 0.6) is 0 Å². The van der Waals surface area contributed by atoms with Crippen LogP contribution in [0.2, 0.25) is 0 Å². The van der Waals surface area contributed by atoms with Crippen molar-refractivity contribution in [3.63, 3.8) is 0 Å². The second kappa shape index (κ2) is 10.1. The van der Waals surface area contributed by atoms with Crippen molar-refractivity contribution in [3.8, 4) is 0 Å². The third-order valence-corrected chi connectivity index (χ3v) is 4.75. The lowest BCUT2D eigenvalue weighted by Gasteiger charge is -2.14. The third-order valence-electron chi connectivity index (χ3n) is 3.90. The molecule has 6 heteroatoms. The first-order valence-electron chi connectivity index (χ1n) is 8.40. The van der Waals surface area contributed by atoms with E-state index in [-0.39, 0.29) is 29.4 Å². The van der Waals surface area contributed by atoms with Gasteiger partial charge in [0.05, 0.1) is 12.2 Å². The summed E-state index contributed by atoms with van der Waals surface area (Å²) in [6.07, 6.45) is 1.04. The quantitative estimate of drug-likeness (QED) is 0.383. The molecule has 25 heavy (non-hydrogen) atoms. The number of rotatable bonds is 5. The summed E-state index contributed by atoms with van der Waals surface area (Å²) in [6.45, 7) is 10.2. The lowest BCUT2D eigenvalue weighted by molar-refractivity contribution is 0.570. The number of aliphatic imine (C=N–C) groups is 1. The van der Waals surface area contributed by atoms with E-state index in [1.165, 1.54) is 11.1 Å². The maximum absolute atomic E-state index is 4.71. The Balaban J connectivity index is 0.00000312. The molecule has 0 aliphatic carbocycles. The van der Waals surface area contributed by atoms with Gasteiger partial charge < -0.3 is 10.6 Å². The number of benzene rings is 1. The molecule has 0 bridgehead atoms. The molecule has 0 saturated carbocycles. The van der Waals surface area contributed by atoms with E-state index in [4.69, 9.17) is 4.98 Å². The Morgan fingerprint density at radius 2 is 1.76 bits per heavy atom. The number of hydrogen-bond donors (Lipinski definition) is 2. The minimum absolute atomic E-state index is 0. The van der Waals surface area contributed by atoms with Crippen LogP contribution in [0.1, 0.15) is 49.5 Å². The zero-order valence-corrected chi connectivity index (χ0v) is 18.9. The Bertz CT molecular complexity index is 689. The normalized spacial score (nSPS) is 11.8. The molecule has 0 atom stereocenters. The van der Waals surface area contributed by atoms with Gasteiger partial charge in [0.2, 0.25) is 0 Å². The Morgan fingerprint density at radius 3 is 2.32 bits per heavy atom. The highest BCUT2D eigenvalue weighted by molar-refractivity contribution is 14.0. The second-order valence-electron chi connectivity index (χ2n) is 6.78. The molecule has 4 nitrogen and oxygen atoms in total. The Kier molecular flexibility index (Phi) is 8.85. The molecule has 0 radical (unpaired) electrons. The van der Waals surface area contributed by atoms with Crippen molar-refractivity contribution in [2.24, 2.45) is 4.99 Å². The van der Waals surface area contributed by atoms with Gasteiger partial charge >= 0.3 is 0 Å². The van der Waals surface area contributed by atoms with E-state index in [0.29, 0.717) is 6.54 Å². The van der Waals surface area contributed by atoms with Crippen LogP contribution in [-0.4, -0.2) is 18.0 Å². The first-order chi connectivity index (χ1) is 11.4. The van der Waals surface area contributed by atoms with Crippen LogP contribution >= 0.6 is 35.3 Å². The summed E-state index contributed by atoms with van der Waals surface area (Å²) in [5, 5.41) is 9.95. The predicted octanol–water partition coefficient (Wildman–Crippen LogP) is 4.49. The Morgan fingerprint density at radius 1 is 1.12 bits per heavy atom. The van der Waals surface area contributed by atoms with E-state index in [0.717, 1.165) is 29.6 Å². The highest BCUT2D eigenvalue weighted by Crippen LogP contribution is 2.23. The molecule has 0 amide bonds. The monoisotopic (exact) mass is 472 g/mol. The molecule has 0 fully saturated rings. The highest BCUT2D eigenvalue weighted by Gasteiger charge is 2.17. The standard InChI is InChI=1S/C19H28N4S.HI/c1-6-14-9-7-8-10-15(14)11-21-18(20-5)22-12-17-23-16(13-24-17)19(2,3)4;/h7-10,13H,6,11-12H2,1-5H3,(H2,20,21,22);1H. The average Bonchev–Trinajstić information content (AvgIpc) is 3.04. The summed E-state index contributed by atoms with van der Waals surface area (Å²) >= 11 is 1.69. The van der Waals surface area contributed by atoms with Gasteiger partial charge in [-0.2, -0.15) is 0 Å². The van der Waals surface area contributed by atoms with Crippen molar-refractivity contribution in [2.45, 2.75) is 52.6 Å². The van der Waals surface area contributed by atoms with Gasteiger partial charge in [-0.3, -0.25) is 4.99 Å². The molecule has 138 valence electrons. The first-order valence-corrected chi connectivity index (χ1v) is 9.28. The molecule has 0 spiro atoms. The van der Waals surface area contributed by atoms with Gasteiger partial charge in [-0.15, -0.1) is 35.3 Å². The van der Waals surface area contributed by atoms with Gasteiger partial charge in [-0.1, -0.05) is 52.0 Å². The third kappa shape index (κ3) is 6.58. The topological polar surface area (TPSA) is 49.3 Å². The highest BCUT2D eigenvalue weighted by atomic mass is 127. The summed E-state index contributed by atoms with van der Waals surface area (Å²) in [5.41, 5.74) is 3.92. The van der Waals surface area contributed by atoms with Crippen LogP contribution in [0.25, 0.3) is 0 Å². The molecule has 1 aromatic heterocycles. The predicted molar refractivity (Wildman–Crippen MR) is 119 cm³/mol. The maximum atomic E-state index is 4.71. The molecule has 0 saturated heterocycles. The minimum atomic E-state index is 0. The zero-order chi connectivity index (χ0) is 17.6. The largest absolute Gasteiger partial charge is 0.352 e. The van der Waals surface area contributed by atoms with Crippen LogP contribution < -0.4 is 10.6 Å². The Hall–Kier alpha value is -1.15. The lowest BCUT2D eigenvalue weighted by Crippen LogP contribution is -2.36. The van der Waals surface area contributed by atoms with Crippen LogP contribution in [0.4, 0.5) is 0 Å². The fourth-order valence-corrected chi connectivity index (χ4v) is 3.33. The number of nitrogens with zero attached hydrogens (tertiary/aromatic N) is 2. The average molecular weight is 472 g/mol. The smallest absolute Gasteiger partial charge is 0.191 e. The van der Waals surface area contributed by atoms with Gasteiger partial charge in [-0.25, -0.2) is 4.98 Å². The number of hydrogen-bond acceptors (Lipinski definition) is 3. The van der Waals surface area contributed by atoms with Crippen LogP contribution in [0.3, 0.4) is 0 Å². The van der Waals surface area contributed by atoms with E-state index < -0.39 is 0 Å². The van der Waals surface area contributed by atoms with Crippen molar-refractivity contribution >= 4 is 41.3 Å². The van der Waals surface area contributed by atoms with Crippen LogP contribution in [-0.2, 0) is 24.9 Å². The first kappa shape index (κ1) is 21.9. The van der Waals surface area contributed by atoms with Gasteiger partial charge in [0, 0.05) is 24.4 Å². The lowest BCUT2D eigenvalue weighted by atomic mass is 9.93. The summed E-state index contributed by atoms with van der Waals surface area (Å²) in [4.78, 5) is 9.01. The number of thiazole rings is 1. The molecular weight excluding hydrogens is 443 g/mol. The molecule has 0 aliphatic heterocycles. The molecule has 2 N–H and O–H groups in total. The molecule has 1 aromatic carbocycles. The molecular formula is C19H29IN4S. The van der Waals surface area contributed by atoms with Gasteiger partial charge in [0.1, 0.15) is 5.01 Å². The summed E-state index contributed by atoms with van der Waals surface area (Å²) in [7, 11) is 1.80. The van der Waals surface area contributed by atoms with E-state index in [1.807, 2.05) is 0 Å². The van der Waals surface area contributed by atoms with Crippen molar-refractivity contribution in [2.75, 3.05) is 7.05 Å². The minimum Gasteiger partial charge on any atom is -0.352 e. The van der Waals surface area contributed by atoms with E-state index in [1.54, 1.807) is 18.4 Å². The number of aromatic nitrogens is 1. The van der Waals surface area contributed by atoms with E-state index in [9.17, 15) is 0 Å². The second-order valence-corrected chi connectivity index (χ2v) is 7.72. The molecule has 2 rings (SSSR count).